The summed E-state index contributed by atoms with van der Waals surface area (Å²) < 4.78 is 16.7. The molecule has 0 spiro atoms. The van der Waals surface area contributed by atoms with Crippen LogP contribution < -0.4 is 16.4 Å². The summed E-state index contributed by atoms with van der Waals surface area (Å²) in [4.78, 5) is 36.6. The first-order chi connectivity index (χ1) is 13.8. The molecular weight excluding hydrogens is 346 g/mol. The Balaban J connectivity index is 2.17. The lowest BCUT2D eigenvalue weighted by Crippen LogP contribution is -2.53. The van der Waals surface area contributed by atoms with Crippen molar-refractivity contribution in [3.63, 3.8) is 0 Å². The maximum atomic E-state index is 12.9. The number of rotatable bonds is 9. The van der Waals surface area contributed by atoms with E-state index in [4.69, 9.17) is 8.52 Å². The van der Waals surface area contributed by atoms with Crippen LogP contribution in [0.15, 0.2) is 30.3 Å². The van der Waals surface area contributed by atoms with Crippen LogP contribution in [0.3, 0.4) is 0 Å². The van der Waals surface area contributed by atoms with Crippen LogP contribution in [0.4, 0.5) is 0 Å². The SMILES string of the molecule is [2H]N(C(=O)CN)[C@@H](CC1([2H])CCCCC1)C(=O)N[C@@H](Cc1ccccc1)C(=O)O. The third-order valence-corrected chi connectivity index (χ3v) is 4.72. The van der Waals surface area contributed by atoms with Gasteiger partial charge in [0.15, 0.2) is 1.41 Å². The van der Waals surface area contributed by atoms with E-state index in [0.29, 0.717) is 18.2 Å². The minimum atomic E-state index is -1.26. The Bertz CT molecular complexity index is 711. The lowest BCUT2D eigenvalue weighted by atomic mass is 9.84. The number of aliphatic carboxylic acids is 1. The van der Waals surface area contributed by atoms with Gasteiger partial charge in [0.05, 0.1) is 6.54 Å². The number of carbonyl (C=O) groups is 3. The van der Waals surface area contributed by atoms with Gasteiger partial charge < -0.3 is 21.5 Å². The summed E-state index contributed by atoms with van der Waals surface area (Å²) in [5.74, 6) is -3.63. The van der Waals surface area contributed by atoms with Crippen LogP contribution in [0.5, 0.6) is 0 Å². The van der Waals surface area contributed by atoms with E-state index >= 15 is 0 Å². The Labute approximate surface area is 162 Å². The minimum Gasteiger partial charge on any atom is -0.480 e. The maximum absolute atomic E-state index is 12.9. The molecule has 1 aliphatic rings. The lowest BCUT2D eigenvalue weighted by molar-refractivity contribution is -0.142. The van der Waals surface area contributed by atoms with Gasteiger partial charge in [0.2, 0.25) is 11.8 Å². The molecule has 2 amide bonds. The lowest BCUT2D eigenvalue weighted by Gasteiger charge is -2.27. The molecular formula is C20H29N3O4. The van der Waals surface area contributed by atoms with Crippen molar-refractivity contribution in [2.45, 2.75) is 57.0 Å². The molecule has 2 atom stereocenters. The van der Waals surface area contributed by atoms with Crippen LogP contribution >= 0.6 is 0 Å². The molecule has 1 saturated carbocycles. The van der Waals surface area contributed by atoms with E-state index in [1.54, 1.807) is 24.3 Å². The molecule has 7 nitrogen and oxygen atoms in total. The number of benzene rings is 1. The van der Waals surface area contributed by atoms with Gasteiger partial charge in [-0.05, 0) is 17.9 Å². The van der Waals surface area contributed by atoms with Crippen LogP contribution in [0, 0.1) is 5.89 Å². The van der Waals surface area contributed by atoms with Crippen LogP contribution in [0.2, 0.25) is 1.41 Å². The van der Waals surface area contributed by atoms with Gasteiger partial charge in [-0.25, -0.2) is 4.79 Å². The van der Waals surface area contributed by atoms with Crippen LogP contribution in [0.1, 0.15) is 45.5 Å². The summed E-state index contributed by atoms with van der Waals surface area (Å²) in [6.45, 7) is -0.440. The van der Waals surface area contributed by atoms with Gasteiger partial charge in [-0.1, -0.05) is 62.4 Å². The average molecular weight is 377 g/mol. The zero-order valence-electron chi connectivity index (χ0n) is 17.4. The molecule has 7 heteroatoms. The van der Waals surface area contributed by atoms with Crippen molar-refractivity contribution in [3.8, 4) is 0 Å². The highest BCUT2D eigenvalue weighted by Crippen LogP contribution is 2.27. The summed E-state index contributed by atoms with van der Waals surface area (Å²) in [7, 11) is 0. The van der Waals surface area contributed by atoms with E-state index in [0.717, 1.165) is 24.8 Å². The van der Waals surface area contributed by atoms with Crippen molar-refractivity contribution in [3.05, 3.63) is 35.9 Å². The first-order valence-corrected chi connectivity index (χ1v) is 9.34. The molecule has 0 radical (unpaired) electrons. The highest BCUT2D eigenvalue weighted by atomic mass is 16.4. The number of carbonyl (C=O) groups excluding carboxylic acids is 2. The Hall–Kier alpha value is -2.41. The second-order valence-electron chi connectivity index (χ2n) is 6.85. The minimum absolute atomic E-state index is 0.0221. The van der Waals surface area contributed by atoms with Gasteiger partial charge in [-0.3, -0.25) is 9.59 Å². The highest BCUT2D eigenvalue weighted by molar-refractivity contribution is 5.90. The average Bonchev–Trinajstić information content (AvgIpc) is 2.71. The Morgan fingerprint density at radius 1 is 1.19 bits per heavy atom. The van der Waals surface area contributed by atoms with E-state index in [2.05, 4.69) is 5.32 Å². The molecule has 148 valence electrons. The molecule has 1 fully saturated rings. The molecule has 5 N–H and O–H groups in total. The van der Waals surface area contributed by atoms with E-state index in [1.165, 1.54) is 0 Å². The number of hydrogen-bond donors (Lipinski definition) is 4. The molecule has 0 aromatic heterocycles. The van der Waals surface area contributed by atoms with Gasteiger partial charge >= 0.3 is 5.97 Å². The molecule has 1 aliphatic carbocycles. The number of hydrogen-bond acceptors (Lipinski definition) is 4. The van der Waals surface area contributed by atoms with Gasteiger partial charge in [0, 0.05) is 7.79 Å². The normalized spacial score (nSPS) is 19.1. The van der Waals surface area contributed by atoms with Crippen LogP contribution in [-0.2, 0) is 20.8 Å². The van der Waals surface area contributed by atoms with Crippen molar-refractivity contribution in [1.82, 2.24) is 10.6 Å². The molecule has 0 bridgehead atoms. The van der Waals surface area contributed by atoms with Crippen molar-refractivity contribution < 1.29 is 22.3 Å². The summed E-state index contributed by atoms with van der Waals surface area (Å²) in [6, 6.07) is 6.40. The van der Waals surface area contributed by atoms with E-state index in [1.807, 2.05) is 6.07 Å². The number of nitrogens with two attached hydrogens (primary N) is 1. The topological polar surface area (TPSA) is 122 Å². The van der Waals surface area contributed by atoms with Gasteiger partial charge in [-0.15, -0.1) is 0 Å². The largest absolute Gasteiger partial charge is 0.480 e. The molecule has 27 heavy (non-hydrogen) atoms. The number of carboxylic acid groups (broad SMARTS) is 1. The summed E-state index contributed by atoms with van der Waals surface area (Å²) in [6.07, 6.45) is 3.93. The molecule has 2 rings (SSSR count). The molecule has 1 aromatic carbocycles. The zero-order valence-corrected chi connectivity index (χ0v) is 15.4. The number of amides is 2. The van der Waals surface area contributed by atoms with E-state index < -0.39 is 42.3 Å². The van der Waals surface area contributed by atoms with Gasteiger partial charge in [0.25, 0.3) is 0 Å². The first kappa shape index (κ1) is 18.0. The standard InChI is InChI=1S/C20H29N3O4/c21-13-18(24)22-16(11-14-7-3-1-4-8-14)19(25)23-17(20(26)27)12-15-9-5-2-6-10-15/h2,5-6,9-10,14,16-17H,1,3-4,7-8,11-13,21H2,(H,22,24)(H,23,25)(H,26,27)/t16-,17-/m0/s1/i14D/hD. The predicted octanol–water partition coefficient (Wildman–Crippen LogP) is 1.21. The molecule has 0 heterocycles. The molecule has 1 aromatic rings. The molecule has 0 unspecified atom stereocenters. The number of carboxylic acids is 1. The second kappa shape index (κ2) is 10.7. The van der Waals surface area contributed by atoms with Gasteiger partial charge in [0.1, 0.15) is 12.1 Å². The third-order valence-electron chi connectivity index (χ3n) is 4.72. The Kier molecular flexibility index (Phi) is 7.10. The molecule has 0 aliphatic heterocycles. The second-order valence-corrected chi connectivity index (χ2v) is 6.85. The maximum Gasteiger partial charge on any atom is 0.326 e. The van der Waals surface area contributed by atoms with Crippen molar-refractivity contribution in [1.29, 1.82) is 0 Å². The van der Waals surface area contributed by atoms with Crippen molar-refractivity contribution in [2.24, 2.45) is 11.6 Å². The predicted molar refractivity (Wildman–Crippen MR) is 102 cm³/mol. The fraction of sp³-hybridized carbons (Fsp3) is 0.550. The smallest absolute Gasteiger partial charge is 0.326 e. The summed E-state index contributed by atoms with van der Waals surface area (Å²) >= 11 is 0. The van der Waals surface area contributed by atoms with Crippen molar-refractivity contribution in [2.75, 3.05) is 6.54 Å². The van der Waals surface area contributed by atoms with Crippen molar-refractivity contribution >= 4 is 17.8 Å². The molecule has 0 saturated heterocycles. The van der Waals surface area contributed by atoms with Gasteiger partial charge in [-0.2, -0.15) is 0 Å². The zero-order chi connectivity index (χ0) is 21.4. The summed E-state index contributed by atoms with van der Waals surface area (Å²) in [5.41, 5.74) is 6.08. The number of nitrogens with one attached hydrogen (secondary N) is 2. The third kappa shape index (κ3) is 7.02. The van der Waals surface area contributed by atoms with E-state index in [-0.39, 0.29) is 12.8 Å². The van der Waals surface area contributed by atoms with Crippen LogP contribution in [0.25, 0.3) is 0 Å². The highest BCUT2D eigenvalue weighted by Gasteiger charge is 2.29. The fourth-order valence-electron chi connectivity index (χ4n) is 3.27. The Morgan fingerprint density at radius 3 is 2.44 bits per heavy atom. The quantitative estimate of drug-likeness (QED) is 0.515. The monoisotopic (exact) mass is 377 g/mol. The first-order valence-electron chi connectivity index (χ1n) is 10.3. The fourth-order valence-corrected chi connectivity index (χ4v) is 3.27. The van der Waals surface area contributed by atoms with E-state index in [9.17, 15) is 19.5 Å². The van der Waals surface area contributed by atoms with Crippen LogP contribution in [-0.4, -0.2) is 41.5 Å². The summed E-state index contributed by atoms with van der Waals surface area (Å²) in [5, 5.41) is 12.5. The Morgan fingerprint density at radius 2 is 1.85 bits per heavy atom.